The Hall–Kier alpha value is -3.84. The Morgan fingerprint density at radius 3 is 2.45 bits per heavy atom. The van der Waals surface area contributed by atoms with E-state index >= 15 is 0 Å². The highest BCUT2D eigenvalue weighted by atomic mass is 35.5. The van der Waals surface area contributed by atoms with Gasteiger partial charge in [0.25, 0.3) is 5.91 Å². The third-order valence-electron chi connectivity index (χ3n) is 3.80. The fraction of sp³-hybridized carbons (Fsp3) is 0. The number of nitrogens with one attached hydrogen (secondary N) is 1. The summed E-state index contributed by atoms with van der Waals surface area (Å²) in [6.45, 7) is 0. The van der Waals surface area contributed by atoms with Crippen LogP contribution >= 0.6 is 11.6 Å². The number of hydrogen-bond donors (Lipinski definition) is 3. The highest BCUT2D eigenvalue weighted by Crippen LogP contribution is 2.22. The molecule has 0 atom stereocenters. The lowest BCUT2D eigenvalue weighted by Crippen LogP contribution is -2.17. The van der Waals surface area contributed by atoms with Crippen LogP contribution in [0.15, 0.2) is 71.8 Å². The molecule has 146 valence electrons. The van der Waals surface area contributed by atoms with Crippen LogP contribution in [0.4, 0.5) is 0 Å². The van der Waals surface area contributed by atoms with E-state index < -0.39 is 11.9 Å². The Bertz CT molecular complexity index is 1080. The fourth-order valence-electron chi connectivity index (χ4n) is 2.36. The van der Waals surface area contributed by atoms with Gasteiger partial charge in [0.05, 0.1) is 17.3 Å². The molecule has 0 heterocycles. The molecule has 0 aliphatic heterocycles. The van der Waals surface area contributed by atoms with Crippen LogP contribution in [-0.4, -0.2) is 28.3 Å². The number of para-hydroxylation sites is 1. The standard InChI is InChI=1S/C21H15ClN2O5/c22-15-7-5-13(6-8-15)21(28)29-19-4-2-1-3-14(19)12-23-24-20(27)17-10-9-16(25)11-18(17)26/h1-12,25-26H,(H,24,27)/b23-12+. The van der Waals surface area contributed by atoms with Gasteiger partial charge in [-0.05, 0) is 48.5 Å². The molecule has 7 nitrogen and oxygen atoms in total. The Morgan fingerprint density at radius 1 is 1.00 bits per heavy atom. The lowest BCUT2D eigenvalue weighted by atomic mass is 10.2. The van der Waals surface area contributed by atoms with E-state index in [0.29, 0.717) is 16.1 Å². The average molecular weight is 411 g/mol. The van der Waals surface area contributed by atoms with Crippen molar-refractivity contribution in [3.05, 3.63) is 88.4 Å². The van der Waals surface area contributed by atoms with E-state index in [-0.39, 0.29) is 22.8 Å². The molecule has 3 aromatic carbocycles. The Kier molecular flexibility index (Phi) is 6.11. The molecule has 0 radical (unpaired) electrons. The van der Waals surface area contributed by atoms with Crippen molar-refractivity contribution in [1.29, 1.82) is 0 Å². The summed E-state index contributed by atoms with van der Waals surface area (Å²) in [5.41, 5.74) is 2.99. The lowest BCUT2D eigenvalue weighted by molar-refractivity contribution is 0.0734. The van der Waals surface area contributed by atoms with Gasteiger partial charge in [0.2, 0.25) is 0 Å². The SMILES string of the molecule is O=C(Oc1ccccc1/C=N/NC(=O)c1ccc(O)cc1O)c1ccc(Cl)cc1. The quantitative estimate of drug-likeness (QED) is 0.257. The summed E-state index contributed by atoms with van der Waals surface area (Å²) < 4.78 is 5.39. The van der Waals surface area contributed by atoms with E-state index in [2.05, 4.69) is 10.5 Å². The van der Waals surface area contributed by atoms with E-state index in [1.807, 2.05) is 0 Å². The van der Waals surface area contributed by atoms with E-state index in [1.165, 1.54) is 18.3 Å². The predicted octanol–water partition coefficient (Wildman–Crippen LogP) is 3.73. The first-order valence-electron chi connectivity index (χ1n) is 8.36. The Balaban J connectivity index is 1.70. The predicted molar refractivity (Wildman–Crippen MR) is 108 cm³/mol. The van der Waals surface area contributed by atoms with Gasteiger partial charge in [0.1, 0.15) is 17.2 Å². The number of aromatic hydroxyl groups is 2. The number of esters is 1. The van der Waals surface area contributed by atoms with Crippen LogP contribution in [0.25, 0.3) is 0 Å². The van der Waals surface area contributed by atoms with Crippen molar-refractivity contribution >= 4 is 29.7 Å². The Labute approximate surface area is 170 Å². The highest BCUT2D eigenvalue weighted by Gasteiger charge is 2.12. The maximum atomic E-state index is 12.3. The first-order valence-corrected chi connectivity index (χ1v) is 8.74. The molecule has 0 aliphatic rings. The van der Waals surface area contributed by atoms with Gasteiger partial charge in [0, 0.05) is 16.7 Å². The average Bonchev–Trinajstić information content (AvgIpc) is 2.69. The molecule has 0 fully saturated rings. The molecule has 29 heavy (non-hydrogen) atoms. The number of rotatable bonds is 5. The number of amides is 1. The van der Waals surface area contributed by atoms with Crippen LogP contribution in [0, 0.1) is 0 Å². The van der Waals surface area contributed by atoms with Crippen molar-refractivity contribution in [2.24, 2.45) is 5.10 Å². The van der Waals surface area contributed by atoms with Crippen molar-refractivity contribution in [2.75, 3.05) is 0 Å². The molecule has 0 bridgehead atoms. The molecule has 0 aliphatic carbocycles. The number of halogens is 1. The van der Waals surface area contributed by atoms with E-state index in [4.69, 9.17) is 16.3 Å². The van der Waals surface area contributed by atoms with Gasteiger partial charge < -0.3 is 14.9 Å². The van der Waals surface area contributed by atoms with Crippen LogP contribution in [0.5, 0.6) is 17.2 Å². The highest BCUT2D eigenvalue weighted by molar-refractivity contribution is 6.30. The van der Waals surface area contributed by atoms with Crippen LogP contribution in [-0.2, 0) is 0 Å². The molecule has 3 aromatic rings. The molecule has 0 saturated heterocycles. The molecular weight excluding hydrogens is 396 g/mol. The molecule has 3 N–H and O–H groups in total. The fourth-order valence-corrected chi connectivity index (χ4v) is 2.48. The van der Waals surface area contributed by atoms with Crippen LogP contribution in [0.1, 0.15) is 26.3 Å². The molecule has 8 heteroatoms. The third-order valence-corrected chi connectivity index (χ3v) is 4.05. The van der Waals surface area contributed by atoms with Crippen molar-refractivity contribution < 1.29 is 24.5 Å². The molecule has 0 aromatic heterocycles. The van der Waals surface area contributed by atoms with Gasteiger partial charge in [-0.2, -0.15) is 5.10 Å². The number of phenolic OH excluding ortho intramolecular Hbond substituents is 2. The zero-order valence-corrected chi connectivity index (χ0v) is 15.6. The number of hydrogen-bond acceptors (Lipinski definition) is 6. The summed E-state index contributed by atoms with van der Waals surface area (Å²) in [6, 6.07) is 16.5. The summed E-state index contributed by atoms with van der Waals surface area (Å²) in [5, 5.41) is 23.3. The summed E-state index contributed by atoms with van der Waals surface area (Å²) in [7, 11) is 0. The number of phenols is 2. The van der Waals surface area contributed by atoms with Gasteiger partial charge in [-0.25, -0.2) is 10.2 Å². The van der Waals surface area contributed by atoms with Crippen LogP contribution < -0.4 is 10.2 Å². The van der Waals surface area contributed by atoms with Crippen LogP contribution in [0.3, 0.4) is 0 Å². The van der Waals surface area contributed by atoms with Gasteiger partial charge in [0.15, 0.2) is 0 Å². The maximum Gasteiger partial charge on any atom is 0.343 e. The second kappa shape index (κ2) is 8.90. The topological polar surface area (TPSA) is 108 Å². The van der Waals surface area contributed by atoms with E-state index in [0.717, 1.165) is 6.07 Å². The monoisotopic (exact) mass is 410 g/mol. The molecule has 0 saturated carbocycles. The number of nitrogens with zero attached hydrogens (tertiary/aromatic N) is 1. The number of carbonyl (C=O) groups excluding carboxylic acids is 2. The summed E-state index contributed by atoms with van der Waals surface area (Å²) in [5.74, 6) is -1.54. The van der Waals surface area contributed by atoms with E-state index in [1.54, 1.807) is 48.5 Å². The minimum Gasteiger partial charge on any atom is -0.508 e. The first-order chi connectivity index (χ1) is 13.9. The van der Waals surface area contributed by atoms with Gasteiger partial charge in [-0.3, -0.25) is 4.79 Å². The van der Waals surface area contributed by atoms with Gasteiger partial charge in [-0.1, -0.05) is 23.7 Å². The van der Waals surface area contributed by atoms with Crippen molar-refractivity contribution in [1.82, 2.24) is 5.43 Å². The number of ether oxygens (including phenoxy) is 1. The zero-order chi connectivity index (χ0) is 20.8. The van der Waals surface area contributed by atoms with Gasteiger partial charge in [-0.15, -0.1) is 0 Å². The first kappa shape index (κ1) is 19.9. The second-order valence-corrected chi connectivity index (χ2v) is 6.27. The van der Waals surface area contributed by atoms with Crippen molar-refractivity contribution in [2.45, 2.75) is 0 Å². The van der Waals surface area contributed by atoms with Gasteiger partial charge >= 0.3 is 5.97 Å². The second-order valence-electron chi connectivity index (χ2n) is 5.83. The Morgan fingerprint density at radius 2 is 1.72 bits per heavy atom. The largest absolute Gasteiger partial charge is 0.508 e. The summed E-state index contributed by atoms with van der Waals surface area (Å²) in [4.78, 5) is 24.4. The number of benzene rings is 3. The van der Waals surface area contributed by atoms with E-state index in [9.17, 15) is 19.8 Å². The smallest absolute Gasteiger partial charge is 0.343 e. The zero-order valence-electron chi connectivity index (χ0n) is 14.9. The van der Waals surface area contributed by atoms with Crippen molar-refractivity contribution in [3.63, 3.8) is 0 Å². The normalized spacial score (nSPS) is 10.7. The minimum absolute atomic E-state index is 0.0533. The number of carbonyl (C=O) groups is 2. The summed E-state index contributed by atoms with van der Waals surface area (Å²) in [6.07, 6.45) is 1.31. The lowest BCUT2D eigenvalue weighted by Gasteiger charge is -2.07. The maximum absolute atomic E-state index is 12.3. The molecule has 3 rings (SSSR count). The molecule has 0 spiro atoms. The summed E-state index contributed by atoms with van der Waals surface area (Å²) >= 11 is 5.81. The number of hydrazone groups is 1. The molecule has 1 amide bonds. The third kappa shape index (κ3) is 5.12. The minimum atomic E-state index is -0.672. The van der Waals surface area contributed by atoms with Crippen molar-refractivity contribution in [3.8, 4) is 17.2 Å². The van der Waals surface area contributed by atoms with Crippen LogP contribution in [0.2, 0.25) is 5.02 Å². The molecular formula is C21H15ClN2O5. The molecule has 0 unspecified atom stereocenters.